The Balaban J connectivity index is 1.72. The van der Waals surface area contributed by atoms with Gasteiger partial charge in [0.25, 0.3) is 0 Å². The molecule has 0 atom stereocenters. The van der Waals surface area contributed by atoms with Crippen LogP contribution in [0.5, 0.6) is 11.5 Å². The number of nitrogens with one attached hydrogen (secondary N) is 1. The molecule has 140 valence electrons. The third-order valence-electron chi connectivity index (χ3n) is 4.26. The van der Waals surface area contributed by atoms with Crippen molar-refractivity contribution >= 4 is 21.6 Å². The molecule has 0 radical (unpaired) electrons. The lowest BCUT2D eigenvalue weighted by molar-refractivity contribution is 0.282. The summed E-state index contributed by atoms with van der Waals surface area (Å²) in [6.45, 7) is 3.11. The summed E-state index contributed by atoms with van der Waals surface area (Å²) in [5.41, 5.74) is 4.19. The van der Waals surface area contributed by atoms with Crippen molar-refractivity contribution in [2.75, 3.05) is 12.4 Å². The molecule has 3 rings (SSSR count). The van der Waals surface area contributed by atoms with Crippen LogP contribution >= 0.6 is 15.9 Å². The molecule has 0 saturated carbocycles. The van der Waals surface area contributed by atoms with Crippen LogP contribution in [0.3, 0.4) is 0 Å². The molecule has 3 aromatic carbocycles. The minimum Gasteiger partial charge on any atom is -0.493 e. The fourth-order valence-corrected chi connectivity index (χ4v) is 3.31. The van der Waals surface area contributed by atoms with E-state index in [2.05, 4.69) is 40.3 Å². The first-order valence-electron chi connectivity index (χ1n) is 8.60. The van der Waals surface area contributed by atoms with Gasteiger partial charge in [-0.05, 0) is 75.9 Å². The van der Waals surface area contributed by atoms with E-state index in [1.807, 2.05) is 24.3 Å². The lowest BCUT2D eigenvalue weighted by atomic mass is 10.1. The van der Waals surface area contributed by atoms with E-state index in [-0.39, 0.29) is 5.82 Å². The minimum absolute atomic E-state index is 0.250. The van der Waals surface area contributed by atoms with E-state index in [0.717, 1.165) is 21.3 Å². The average molecular weight is 430 g/mol. The SMILES string of the molecule is COc1cc(CNc2ccc(F)cc2)cc(Br)c1OCc1ccccc1C. The highest BCUT2D eigenvalue weighted by molar-refractivity contribution is 9.10. The largest absolute Gasteiger partial charge is 0.493 e. The Labute approximate surface area is 167 Å². The number of ether oxygens (including phenoxy) is 2. The zero-order valence-electron chi connectivity index (χ0n) is 15.3. The third kappa shape index (κ3) is 5.01. The molecule has 1 N–H and O–H groups in total. The summed E-state index contributed by atoms with van der Waals surface area (Å²) in [5, 5.41) is 3.27. The third-order valence-corrected chi connectivity index (χ3v) is 4.85. The number of hydrogen-bond acceptors (Lipinski definition) is 3. The van der Waals surface area contributed by atoms with Gasteiger partial charge < -0.3 is 14.8 Å². The standard InChI is InChI=1S/C22H21BrFNO2/c1-15-5-3-4-6-17(15)14-27-22-20(23)11-16(12-21(22)26-2)13-25-19-9-7-18(24)8-10-19/h3-12,25H,13-14H2,1-2H3. The van der Waals surface area contributed by atoms with Crippen molar-refractivity contribution in [3.8, 4) is 11.5 Å². The summed E-state index contributed by atoms with van der Waals surface area (Å²) < 4.78 is 25.4. The van der Waals surface area contributed by atoms with Crippen LogP contribution in [0.25, 0.3) is 0 Å². The fraction of sp³-hybridized carbons (Fsp3) is 0.182. The van der Waals surface area contributed by atoms with Crippen molar-refractivity contribution in [3.63, 3.8) is 0 Å². The second kappa shape index (κ2) is 8.91. The van der Waals surface area contributed by atoms with Gasteiger partial charge in [-0.1, -0.05) is 24.3 Å². The maximum Gasteiger partial charge on any atom is 0.175 e. The van der Waals surface area contributed by atoms with Crippen molar-refractivity contribution in [1.29, 1.82) is 0 Å². The van der Waals surface area contributed by atoms with Crippen LogP contribution < -0.4 is 14.8 Å². The number of methoxy groups -OCH3 is 1. The molecule has 5 heteroatoms. The van der Waals surface area contributed by atoms with Gasteiger partial charge in [0, 0.05) is 12.2 Å². The van der Waals surface area contributed by atoms with Gasteiger partial charge in [-0.15, -0.1) is 0 Å². The molecular weight excluding hydrogens is 409 g/mol. The molecule has 0 bridgehead atoms. The van der Waals surface area contributed by atoms with Gasteiger partial charge in [0.1, 0.15) is 12.4 Å². The van der Waals surface area contributed by atoms with E-state index in [9.17, 15) is 4.39 Å². The van der Waals surface area contributed by atoms with E-state index in [1.165, 1.54) is 17.7 Å². The fourth-order valence-electron chi connectivity index (χ4n) is 2.71. The number of anilines is 1. The Morgan fingerprint density at radius 1 is 1.04 bits per heavy atom. The molecule has 27 heavy (non-hydrogen) atoms. The quantitative estimate of drug-likeness (QED) is 0.492. The smallest absolute Gasteiger partial charge is 0.175 e. The number of halogens is 2. The van der Waals surface area contributed by atoms with E-state index in [0.29, 0.717) is 24.7 Å². The van der Waals surface area contributed by atoms with Gasteiger partial charge in [-0.2, -0.15) is 0 Å². The van der Waals surface area contributed by atoms with Crippen LogP contribution in [0, 0.1) is 12.7 Å². The highest BCUT2D eigenvalue weighted by atomic mass is 79.9. The second-order valence-electron chi connectivity index (χ2n) is 6.18. The molecule has 0 spiro atoms. The molecule has 3 aromatic rings. The Morgan fingerprint density at radius 3 is 2.48 bits per heavy atom. The highest BCUT2D eigenvalue weighted by Crippen LogP contribution is 2.37. The first-order valence-corrected chi connectivity index (χ1v) is 9.39. The summed E-state index contributed by atoms with van der Waals surface area (Å²) in [6, 6.07) is 18.3. The Kier molecular flexibility index (Phi) is 6.35. The van der Waals surface area contributed by atoms with E-state index in [4.69, 9.17) is 9.47 Å². The summed E-state index contributed by atoms with van der Waals surface area (Å²) in [4.78, 5) is 0. The molecule has 0 unspecified atom stereocenters. The second-order valence-corrected chi connectivity index (χ2v) is 7.04. The maximum absolute atomic E-state index is 13.0. The topological polar surface area (TPSA) is 30.5 Å². The number of hydrogen-bond donors (Lipinski definition) is 1. The van der Waals surface area contributed by atoms with Crippen LogP contribution in [0.2, 0.25) is 0 Å². The summed E-state index contributed by atoms with van der Waals surface area (Å²) in [7, 11) is 1.62. The normalized spacial score (nSPS) is 10.5. The lowest BCUT2D eigenvalue weighted by Gasteiger charge is -2.16. The Morgan fingerprint density at radius 2 is 1.78 bits per heavy atom. The Bertz CT molecular complexity index is 913. The molecule has 0 amide bonds. The average Bonchev–Trinajstić information content (AvgIpc) is 2.67. The van der Waals surface area contributed by atoms with Gasteiger partial charge in [0.2, 0.25) is 0 Å². The molecule has 0 fully saturated rings. The molecular formula is C22H21BrFNO2. The Hall–Kier alpha value is -2.53. The van der Waals surface area contributed by atoms with Crippen LogP contribution in [-0.4, -0.2) is 7.11 Å². The minimum atomic E-state index is -0.250. The first-order chi connectivity index (χ1) is 13.1. The molecule has 0 saturated heterocycles. The van der Waals surface area contributed by atoms with Crippen LogP contribution in [-0.2, 0) is 13.2 Å². The van der Waals surface area contributed by atoms with Crippen LogP contribution in [0.4, 0.5) is 10.1 Å². The highest BCUT2D eigenvalue weighted by Gasteiger charge is 2.12. The number of benzene rings is 3. The predicted molar refractivity (Wildman–Crippen MR) is 110 cm³/mol. The first kappa shape index (κ1) is 19.2. The van der Waals surface area contributed by atoms with Crippen LogP contribution in [0.15, 0.2) is 65.1 Å². The molecule has 0 aliphatic heterocycles. The van der Waals surface area contributed by atoms with Crippen molar-refractivity contribution in [2.24, 2.45) is 0 Å². The van der Waals surface area contributed by atoms with Crippen molar-refractivity contribution in [1.82, 2.24) is 0 Å². The zero-order chi connectivity index (χ0) is 19.2. The van der Waals surface area contributed by atoms with Gasteiger partial charge in [0.05, 0.1) is 11.6 Å². The maximum atomic E-state index is 13.0. The lowest BCUT2D eigenvalue weighted by Crippen LogP contribution is -2.03. The molecule has 0 aliphatic rings. The summed E-state index contributed by atoms with van der Waals surface area (Å²) >= 11 is 3.58. The monoisotopic (exact) mass is 429 g/mol. The van der Waals surface area contributed by atoms with Crippen molar-refractivity contribution in [2.45, 2.75) is 20.1 Å². The zero-order valence-corrected chi connectivity index (χ0v) is 16.8. The van der Waals surface area contributed by atoms with Gasteiger partial charge >= 0.3 is 0 Å². The molecule has 3 nitrogen and oxygen atoms in total. The predicted octanol–water partition coefficient (Wildman–Crippen LogP) is 6.10. The van der Waals surface area contributed by atoms with Crippen LogP contribution in [0.1, 0.15) is 16.7 Å². The van der Waals surface area contributed by atoms with E-state index >= 15 is 0 Å². The molecule has 0 heterocycles. The van der Waals surface area contributed by atoms with Crippen molar-refractivity contribution < 1.29 is 13.9 Å². The molecule has 0 aromatic heterocycles. The van der Waals surface area contributed by atoms with E-state index < -0.39 is 0 Å². The number of aryl methyl sites for hydroxylation is 1. The van der Waals surface area contributed by atoms with Gasteiger partial charge in [-0.3, -0.25) is 0 Å². The van der Waals surface area contributed by atoms with E-state index in [1.54, 1.807) is 19.2 Å². The number of rotatable bonds is 7. The van der Waals surface area contributed by atoms with Gasteiger partial charge in [-0.25, -0.2) is 4.39 Å². The van der Waals surface area contributed by atoms with Crippen molar-refractivity contribution in [3.05, 3.63) is 87.6 Å². The summed E-state index contributed by atoms with van der Waals surface area (Å²) in [5.74, 6) is 1.08. The van der Waals surface area contributed by atoms with Gasteiger partial charge in [0.15, 0.2) is 11.5 Å². The summed E-state index contributed by atoms with van der Waals surface area (Å²) in [6.07, 6.45) is 0. The molecule has 0 aliphatic carbocycles.